The zero-order valence-corrected chi connectivity index (χ0v) is 12.0. The molecule has 0 aliphatic heterocycles. The van der Waals surface area contributed by atoms with E-state index in [1.54, 1.807) is 0 Å². The van der Waals surface area contributed by atoms with Crippen LogP contribution in [0, 0.1) is 15.9 Å². The molecule has 1 amide bonds. The number of hydrogen-bond donors (Lipinski definition) is 1. The molecule has 0 aliphatic rings. The van der Waals surface area contributed by atoms with Crippen molar-refractivity contribution >= 4 is 11.6 Å². The molecule has 2 rings (SSSR count). The van der Waals surface area contributed by atoms with E-state index in [1.165, 1.54) is 6.07 Å². The molecule has 6 heteroatoms. The first-order valence-electron chi connectivity index (χ1n) is 6.76. The third kappa shape index (κ3) is 3.66. The Morgan fingerprint density at radius 2 is 1.95 bits per heavy atom. The molecule has 5 nitrogen and oxygen atoms in total. The summed E-state index contributed by atoms with van der Waals surface area (Å²) in [6.45, 7) is 2.34. The van der Waals surface area contributed by atoms with Gasteiger partial charge >= 0.3 is 5.69 Å². The fraction of sp³-hybridized carbons (Fsp3) is 0.188. The highest BCUT2D eigenvalue weighted by Crippen LogP contribution is 2.19. The fourth-order valence-electron chi connectivity index (χ4n) is 2.04. The number of nitro benzene ring substituents is 1. The Hall–Kier alpha value is -2.76. The van der Waals surface area contributed by atoms with Crippen LogP contribution in [0.3, 0.4) is 0 Å². The Kier molecular flexibility index (Phi) is 4.83. The van der Waals surface area contributed by atoms with E-state index >= 15 is 0 Å². The van der Waals surface area contributed by atoms with Crippen molar-refractivity contribution in [1.82, 2.24) is 5.32 Å². The van der Waals surface area contributed by atoms with Gasteiger partial charge in [0.15, 0.2) is 0 Å². The highest BCUT2D eigenvalue weighted by Gasteiger charge is 2.17. The molecule has 1 N–H and O–H groups in total. The summed E-state index contributed by atoms with van der Waals surface area (Å²) >= 11 is 0. The van der Waals surface area contributed by atoms with Crippen molar-refractivity contribution in [1.29, 1.82) is 0 Å². The lowest BCUT2D eigenvalue weighted by Crippen LogP contribution is -2.27. The van der Waals surface area contributed by atoms with Gasteiger partial charge in [0, 0.05) is 18.2 Å². The highest BCUT2D eigenvalue weighted by atomic mass is 19.1. The van der Waals surface area contributed by atoms with E-state index in [9.17, 15) is 19.3 Å². The second kappa shape index (κ2) is 6.80. The quantitative estimate of drug-likeness (QED) is 0.680. The lowest BCUT2D eigenvalue weighted by Gasteiger charge is -2.13. The van der Waals surface area contributed by atoms with E-state index in [2.05, 4.69) is 5.32 Å². The van der Waals surface area contributed by atoms with Gasteiger partial charge in [-0.3, -0.25) is 14.9 Å². The van der Waals surface area contributed by atoms with Gasteiger partial charge in [0.2, 0.25) is 5.82 Å². The number of nitrogens with one attached hydrogen (secondary N) is 1. The SMILES string of the molecule is C[C@@H](CNC(=O)c1ccc(F)c([N+](=O)[O-])c1)c1ccccc1. The average molecular weight is 302 g/mol. The summed E-state index contributed by atoms with van der Waals surface area (Å²) < 4.78 is 13.2. The van der Waals surface area contributed by atoms with Crippen LogP contribution in [0.5, 0.6) is 0 Å². The number of rotatable bonds is 5. The number of nitro groups is 1. The first kappa shape index (κ1) is 15.6. The molecule has 2 aromatic rings. The van der Waals surface area contributed by atoms with Crippen molar-refractivity contribution < 1.29 is 14.1 Å². The standard InChI is InChI=1S/C16H15FN2O3/c1-11(12-5-3-2-4-6-12)10-18-16(20)13-7-8-14(17)15(9-13)19(21)22/h2-9,11H,10H2,1H3,(H,18,20)/t11-/m0/s1. The van der Waals surface area contributed by atoms with Crippen LogP contribution in [0.15, 0.2) is 48.5 Å². The monoisotopic (exact) mass is 302 g/mol. The predicted molar refractivity (Wildman–Crippen MR) is 80.2 cm³/mol. The summed E-state index contributed by atoms with van der Waals surface area (Å²) in [6.07, 6.45) is 0. The van der Waals surface area contributed by atoms with E-state index in [4.69, 9.17) is 0 Å². The van der Waals surface area contributed by atoms with E-state index < -0.39 is 22.3 Å². The molecule has 0 saturated carbocycles. The third-order valence-electron chi connectivity index (χ3n) is 3.34. The third-order valence-corrected chi connectivity index (χ3v) is 3.34. The summed E-state index contributed by atoms with van der Waals surface area (Å²) in [7, 11) is 0. The minimum atomic E-state index is -0.959. The molecule has 0 aromatic heterocycles. The first-order chi connectivity index (χ1) is 10.5. The Bertz CT molecular complexity index is 689. The van der Waals surface area contributed by atoms with Gasteiger partial charge in [-0.2, -0.15) is 4.39 Å². The van der Waals surface area contributed by atoms with Crippen LogP contribution in [0.2, 0.25) is 0 Å². The summed E-state index contributed by atoms with van der Waals surface area (Å²) in [6, 6.07) is 12.7. The number of carbonyl (C=O) groups excluding carboxylic acids is 1. The molecule has 2 aromatic carbocycles. The molecular weight excluding hydrogens is 287 g/mol. The number of halogens is 1. The van der Waals surface area contributed by atoms with Crippen LogP contribution in [0.25, 0.3) is 0 Å². The van der Waals surface area contributed by atoms with Crippen molar-refractivity contribution in [3.63, 3.8) is 0 Å². The maximum atomic E-state index is 13.2. The van der Waals surface area contributed by atoms with Crippen molar-refractivity contribution in [2.45, 2.75) is 12.8 Å². The molecule has 0 bridgehead atoms. The zero-order valence-electron chi connectivity index (χ0n) is 12.0. The summed E-state index contributed by atoms with van der Waals surface area (Å²) in [5.74, 6) is -1.33. The Balaban J connectivity index is 2.04. The van der Waals surface area contributed by atoms with Gasteiger partial charge in [0.1, 0.15) is 0 Å². The van der Waals surface area contributed by atoms with Crippen molar-refractivity contribution in [2.24, 2.45) is 0 Å². The van der Waals surface area contributed by atoms with Crippen molar-refractivity contribution in [3.8, 4) is 0 Å². The molecule has 114 valence electrons. The van der Waals surface area contributed by atoms with E-state index in [0.29, 0.717) is 6.54 Å². The predicted octanol–water partition coefficient (Wildman–Crippen LogP) is 3.27. The second-order valence-corrected chi connectivity index (χ2v) is 4.95. The van der Waals surface area contributed by atoms with Crippen LogP contribution >= 0.6 is 0 Å². The van der Waals surface area contributed by atoms with Gasteiger partial charge < -0.3 is 5.32 Å². The van der Waals surface area contributed by atoms with Crippen LogP contribution < -0.4 is 5.32 Å². The topological polar surface area (TPSA) is 72.2 Å². The number of nitrogens with zero attached hydrogens (tertiary/aromatic N) is 1. The van der Waals surface area contributed by atoms with Crippen molar-refractivity contribution in [2.75, 3.05) is 6.54 Å². The van der Waals surface area contributed by atoms with Gasteiger partial charge in [-0.15, -0.1) is 0 Å². The zero-order chi connectivity index (χ0) is 16.1. The first-order valence-corrected chi connectivity index (χ1v) is 6.76. The van der Waals surface area contributed by atoms with Gasteiger partial charge in [0.05, 0.1) is 4.92 Å². The van der Waals surface area contributed by atoms with Gasteiger partial charge in [-0.1, -0.05) is 37.3 Å². The van der Waals surface area contributed by atoms with Crippen LogP contribution in [0.1, 0.15) is 28.8 Å². The molecule has 0 fully saturated rings. The summed E-state index contributed by atoms with van der Waals surface area (Å²) in [5, 5.41) is 13.4. The normalized spacial score (nSPS) is 11.7. The maximum Gasteiger partial charge on any atom is 0.305 e. The molecule has 0 saturated heterocycles. The minimum absolute atomic E-state index is 0.0633. The Morgan fingerprint density at radius 1 is 1.27 bits per heavy atom. The molecule has 1 atom stereocenters. The highest BCUT2D eigenvalue weighted by molar-refractivity contribution is 5.94. The van der Waals surface area contributed by atoms with Crippen LogP contribution in [0.4, 0.5) is 10.1 Å². The largest absolute Gasteiger partial charge is 0.351 e. The van der Waals surface area contributed by atoms with E-state index in [-0.39, 0.29) is 11.5 Å². The van der Waals surface area contributed by atoms with Gasteiger partial charge in [-0.05, 0) is 23.6 Å². The Morgan fingerprint density at radius 3 is 2.59 bits per heavy atom. The average Bonchev–Trinajstić information content (AvgIpc) is 2.53. The number of amides is 1. The lowest BCUT2D eigenvalue weighted by atomic mass is 10.0. The second-order valence-electron chi connectivity index (χ2n) is 4.95. The lowest BCUT2D eigenvalue weighted by molar-refractivity contribution is -0.387. The molecule has 0 aliphatic carbocycles. The molecule has 0 unspecified atom stereocenters. The van der Waals surface area contributed by atoms with Crippen LogP contribution in [-0.2, 0) is 0 Å². The molecule has 0 spiro atoms. The number of hydrogen-bond acceptors (Lipinski definition) is 3. The molecule has 22 heavy (non-hydrogen) atoms. The van der Waals surface area contributed by atoms with Gasteiger partial charge in [-0.25, -0.2) is 0 Å². The fourth-order valence-corrected chi connectivity index (χ4v) is 2.04. The van der Waals surface area contributed by atoms with E-state index in [1.807, 2.05) is 37.3 Å². The van der Waals surface area contributed by atoms with Gasteiger partial charge in [0.25, 0.3) is 5.91 Å². The minimum Gasteiger partial charge on any atom is -0.351 e. The van der Waals surface area contributed by atoms with Crippen LogP contribution in [-0.4, -0.2) is 17.4 Å². The smallest absolute Gasteiger partial charge is 0.305 e. The molecule has 0 heterocycles. The number of carbonyl (C=O) groups is 1. The Labute approximate surface area is 126 Å². The van der Waals surface area contributed by atoms with E-state index in [0.717, 1.165) is 17.7 Å². The van der Waals surface area contributed by atoms with Crippen molar-refractivity contribution in [3.05, 3.63) is 75.6 Å². The maximum absolute atomic E-state index is 13.2. The molecular formula is C16H15FN2O3. The molecule has 0 radical (unpaired) electrons. The number of benzene rings is 2. The summed E-state index contributed by atoms with van der Waals surface area (Å²) in [5.41, 5.74) is 0.435. The summed E-state index contributed by atoms with van der Waals surface area (Å²) in [4.78, 5) is 21.8.